The minimum Gasteiger partial charge on any atom is -0.497 e. The molecule has 4 aromatic carbocycles. The molecule has 6 aromatic rings. The number of nitrogens with zero attached hydrogens (tertiary/aromatic N) is 2. The van der Waals surface area contributed by atoms with E-state index in [1.165, 1.54) is 0 Å². The number of ether oxygens (including phenoxy) is 8. The van der Waals surface area contributed by atoms with Crippen LogP contribution in [-0.4, -0.2) is 68.7 Å². The Kier molecular flexibility index (Phi) is 12.1. The zero-order chi connectivity index (χ0) is 42.5. The molecule has 14 heteroatoms. The van der Waals surface area contributed by atoms with Gasteiger partial charge in [-0.25, -0.2) is 0 Å². The third-order valence-corrected chi connectivity index (χ3v) is 10.7. The number of anilines is 2. The molecule has 14 nitrogen and oxygen atoms in total. The van der Waals surface area contributed by atoms with Crippen LogP contribution in [0.2, 0.25) is 0 Å². The van der Waals surface area contributed by atoms with Gasteiger partial charge in [0, 0.05) is 24.3 Å². The van der Waals surface area contributed by atoms with E-state index in [4.69, 9.17) is 46.7 Å². The molecule has 4 heterocycles. The van der Waals surface area contributed by atoms with Crippen LogP contribution < -0.4 is 47.7 Å². The molecular weight excluding hydrogens is 773 g/mol. The summed E-state index contributed by atoms with van der Waals surface area (Å²) in [6.07, 6.45) is 3.16. The Morgan fingerprint density at radius 1 is 0.433 bits per heavy atom. The molecule has 2 saturated heterocycles. The number of amides is 2. The molecule has 0 radical (unpaired) electrons. The summed E-state index contributed by atoms with van der Waals surface area (Å²) in [7, 11) is 12.5. The highest BCUT2D eigenvalue weighted by molar-refractivity contribution is 6.07. The van der Waals surface area contributed by atoms with Crippen LogP contribution in [0.25, 0.3) is 0 Å². The van der Waals surface area contributed by atoms with Gasteiger partial charge in [0.25, 0.3) is 0 Å². The summed E-state index contributed by atoms with van der Waals surface area (Å²) in [5.41, 5.74) is 3.23. The van der Waals surface area contributed by atoms with Gasteiger partial charge in [0.1, 0.15) is 34.9 Å². The fraction of sp³-hybridized carbons (Fsp3) is 0.261. The standard InChI is InChI=1S/2C23H23NO6/c2*1-26-16-9-7-14(8-10-16)21-20(17-6-5-11-30-17)23(25)24(21)15-12-18(27-2)22(29-4)19(13-15)28-3/h2*5-13,20-21H,1-4H3/t2*20-,21-/m10/s1. The molecule has 2 amide bonds. The van der Waals surface area contributed by atoms with E-state index < -0.39 is 11.8 Å². The van der Waals surface area contributed by atoms with Gasteiger partial charge in [-0.05, 0) is 59.7 Å². The third-order valence-electron chi connectivity index (χ3n) is 10.7. The van der Waals surface area contributed by atoms with Gasteiger partial charge in [-0.15, -0.1) is 0 Å². The van der Waals surface area contributed by atoms with Crippen LogP contribution in [0, 0.1) is 0 Å². The molecule has 2 aliphatic heterocycles. The van der Waals surface area contributed by atoms with E-state index in [9.17, 15) is 9.59 Å². The molecule has 60 heavy (non-hydrogen) atoms. The van der Waals surface area contributed by atoms with Gasteiger partial charge < -0.3 is 56.5 Å². The molecule has 0 spiro atoms. The lowest BCUT2D eigenvalue weighted by Gasteiger charge is -2.46. The SMILES string of the molecule is COc1ccc([C@@H]2[C@@H](c3ccco3)C(=O)N2c2cc(OC)c(OC)c(OC)c2)cc1.COc1ccc([C@H]2[C@H](c3ccco3)C(=O)N2c2cc(OC)c(OC)c(OC)c2)cc1. The summed E-state index contributed by atoms with van der Waals surface area (Å²) < 4.78 is 54.4. The highest BCUT2D eigenvalue weighted by Crippen LogP contribution is 2.54. The van der Waals surface area contributed by atoms with Gasteiger partial charge in [-0.1, -0.05) is 24.3 Å². The Morgan fingerprint density at radius 3 is 1.02 bits per heavy atom. The monoisotopic (exact) mass is 818 g/mol. The first kappa shape index (κ1) is 41.0. The molecule has 0 N–H and O–H groups in total. The molecule has 8 rings (SSSR count). The quantitative estimate of drug-likeness (QED) is 0.0976. The van der Waals surface area contributed by atoms with Crippen molar-refractivity contribution in [2.45, 2.75) is 23.9 Å². The number of methoxy groups -OCH3 is 8. The van der Waals surface area contributed by atoms with Crippen molar-refractivity contribution in [3.8, 4) is 46.0 Å². The van der Waals surface area contributed by atoms with Crippen LogP contribution in [0.15, 0.2) is 118 Å². The number of carbonyl (C=O) groups is 2. The van der Waals surface area contributed by atoms with Gasteiger partial charge in [0.05, 0.1) is 92.9 Å². The summed E-state index contributed by atoms with van der Waals surface area (Å²) in [5.74, 6) is 4.64. The summed E-state index contributed by atoms with van der Waals surface area (Å²) >= 11 is 0. The van der Waals surface area contributed by atoms with Crippen molar-refractivity contribution in [3.05, 3.63) is 132 Å². The molecule has 0 aliphatic carbocycles. The maximum atomic E-state index is 13.2. The van der Waals surface area contributed by atoms with E-state index in [0.29, 0.717) is 57.4 Å². The van der Waals surface area contributed by atoms with E-state index in [1.807, 2.05) is 60.7 Å². The van der Waals surface area contributed by atoms with Crippen molar-refractivity contribution in [2.24, 2.45) is 0 Å². The van der Waals surface area contributed by atoms with Gasteiger partial charge in [-0.3, -0.25) is 9.59 Å². The molecule has 4 atom stereocenters. The van der Waals surface area contributed by atoms with Crippen LogP contribution in [0.4, 0.5) is 11.4 Å². The first-order valence-corrected chi connectivity index (χ1v) is 18.9. The number of hydrogen-bond donors (Lipinski definition) is 0. The molecule has 0 unspecified atom stereocenters. The van der Waals surface area contributed by atoms with Crippen molar-refractivity contribution < 1.29 is 56.3 Å². The average molecular weight is 819 g/mol. The second kappa shape index (κ2) is 17.7. The zero-order valence-electron chi connectivity index (χ0n) is 34.5. The molecule has 0 saturated carbocycles. The topological polar surface area (TPSA) is 141 Å². The maximum Gasteiger partial charge on any atom is 0.240 e. The van der Waals surface area contributed by atoms with Crippen molar-refractivity contribution in [1.29, 1.82) is 0 Å². The van der Waals surface area contributed by atoms with Gasteiger partial charge >= 0.3 is 0 Å². The summed E-state index contributed by atoms with van der Waals surface area (Å²) in [6.45, 7) is 0. The number of rotatable bonds is 14. The van der Waals surface area contributed by atoms with E-state index >= 15 is 0 Å². The minimum atomic E-state index is -0.424. The second-order valence-corrected chi connectivity index (χ2v) is 13.6. The van der Waals surface area contributed by atoms with Crippen molar-refractivity contribution in [1.82, 2.24) is 0 Å². The molecular formula is C46H46N2O12. The molecule has 2 aromatic heterocycles. The van der Waals surface area contributed by atoms with Crippen LogP contribution in [-0.2, 0) is 9.59 Å². The molecule has 2 aliphatic rings. The zero-order valence-corrected chi connectivity index (χ0v) is 34.5. The van der Waals surface area contributed by atoms with Crippen molar-refractivity contribution in [2.75, 3.05) is 66.7 Å². The Balaban J connectivity index is 0.000000181. The van der Waals surface area contributed by atoms with Crippen molar-refractivity contribution in [3.63, 3.8) is 0 Å². The average Bonchev–Trinajstić information content (AvgIpc) is 4.02. The Labute approximate surface area is 347 Å². The molecule has 2 fully saturated rings. The fourth-order valence-corrected chi connectivity index (χ4v) is 7.74. The second-order valence-electron chi connectivity index (χ2n) is 13.6. The first-order chi connectivity index (χ1) is 29.2. The highest BCUT2D eigenvalue weighted by atomic mass is 16.5. The number of furan rings is 2. The van der Waals surface area contributed by atoms with Gasteiger partial charge in [0.15, 0.2) is 23.0 Å². The first-order valence-electron chi connectivity index (χ1n) is 18.9. The maximum absolute atomic E-state index is 13.2. The summed E-state index contributed by atoms with van der Waals surface area (Å²) in [6, 6.07) is 29.1. The highest BCUT2D eigenvalue weighted by Gasteiger charge is 2.53. The van der Waals surface area contributed by atoms with E-state index in [0.717, 1.165) is 22.6 Å². The lowest BCUT2D eigenvalue weighted by atomic mass is 9.80. The predicted molar refractivity (Wildman–Crippen MR) is 222 cm³/mol. The van der Waals surface area contributed by atoms with Crippen LogP contribution in [0.3, 0.4) is 0 Å². The number of carbonyl (C=O) groups excluding carboxylic acids is 2. The normalized spacial score (nSPS) is 18.0. The lowest BCUT2D eigenvalue weighted by molar-refractivity contribution is -0.128. The Hall–Kier alpha value is -7.22. The minimum absolute atomic E-state index is 0.0694. The predicted octanol–water partition coefficient (Wildman–Crippen LogP) is 8.37. The van der Waals surface area contributed by atoms with Crippen molar-refractivity contribution >= 4 is 23.2 Å². The van der Waals surface area contributed by atoms with Crippen LogP contribution in [0.1, 0.15) is 46.6 Å². The lowest BCUT2D eigenvalue weighted by Crippen LogP contribution is -2.53. The summed E-state index contributed by atoms with van der Waals surface area (Å²) in [5, 5.41) is 0. The largest absolute Gasteiger partial charge is 0.497 e. The Morgan fingerprint density at radius 2 is 0.767 bits per heavy atom. The van der Waals surface area contributed by atoms with Gasteiger partial charge in [0.2, 0.25) is 23.3 Å². The fourth-order valence-electron chi connectivity index (χ4n) is 7.74. The van der Waals surface area contributed by atoms with E-state index in [1.54, 1.807) is 116 Å². The van der Waals surface area contributed by atoms with Crippen LogP contribution >= 0.6 is 0 Å². The molecule has 312 valence electrons. The van der Waals surface area contributed by atoms with Gasteiger partial charge in [-0.2, -0.15) is 0 Å². The number of benzene rings is 4. The number of hydrogen-bond acceptors (Lipinski definition) is 12. The van der Waals surface area contributed by atoms with Crippen LogP contribution in [0.5, 0.6) is 46.0 Å². The summed E-state index contributed by atoms with van der Waals surface area (Å²) in [4.78, 5) is 29.9. The Bertz CT molecular complexity index is 2180. The third kappa shape index (κ3) is 7.36. The number of β-lactam (4-membered cyclic amide) rings is 2. The van der Waals surface area contributed by atoms with E-state index in [-0.39, 0.29) is 23.9 Å². The molecule has 0 bridgehead atoms. The van der Waals surface area contributed by atoms with E-state index in [2.05, 4.69) is 0 Å². The smallest absolute Gasteiger partial charge is 0.240 e.